The van der Waals surface area contributed by atoms with Gasteiger partial charge in [-0.05, 0) is 48.3 Å². The molecule has 0 spiro atoms. The van der Waals surface area contributed by atoms with Crippen LogP contribution in [0.3, 0.4) is 0 Å². The molecule has 1 fully saturated rings. The fraction of sp³-hybridized carbons (Fsp3) is 0.889. The summed E-state index contributed by atoms with van der Waals surface area (Å²) in [5, 5.41) is 0. The lowest BCUT2D eigenvalue weighted by Crippen LogP contribution is -2.17. The third-order valence-electron chi connectivity index (χ3n) is 2.24. The minimum Gasteiger partial charge on any atom is -0.431 e. The zero-order valence-electron chi connectivity index (χ0n) is 7.63. The summed E-state index contributed by atoms with van der Waals surface area (Å²) in [6.45, 7) is 0. The first-order valence-corrected chi connectivity index (χ1v) is 6.25. The Hall–Kier alpha value is -0.0000000000000000555. The van der Waals surface area contributed by atoms with Gasteiger partial charge in [-0.1, -0.05) is 12.8 Å². The molecule has 1 rings (SSSR count). The van der Waals surface area contributed by atoms with Crippen LogP contribution < -0.4 is 0 Å². The SMILES string of the molecule is O=C(OCI)OC1CCCCCC1. The van der Waals surface area contributed by atoms with Gasteiger partial charge >= 0.3 is 6.16 Å². The van der Waals surface area contributed by atoms with Gasteiger partial charge < -0.3 is 9.47 Å². The summed E-state index contributed by atoms with van der Waals surface area (Å²) < 4.78 is 10.2. The van der Waals surface area contributed by atoms with Gasteiger partial charge in [-0.3, -0.25) is 0 Å². The fourth-order valence-corrected chi connectivity index (χ4v) is 1.83. The Morgan fingerprint density at radius 1 is 1.23 bits per heavy atom. The molecule has 1 saturated carbocycles. The average Bonchev–Trinajstić information content (AvgIpc) is 2.33. The van der Waals surface area contributed by atoms with Gasteiger partial charge in [0.05, 0.1) is 0 Å². The van der Waals surface area contributed by atoms with Crippen LogP contribution in [0.4, 0.5) is 4.79 Å². The van der Waals surface area contributed by atoms with E-state index in [4.69, 9.17) is 9.47 Å². The van der Waals surface area contributed by atoms with E-state index < -0.39 is 6.16 Å². The molecule has 13 heavy (non-hydrogen) atoms. The first kappa shape index (κ1) is 11.1. The van der Waals surface area contributed by atoms with Gasteiger partial charge in [-0.2, -0.15) is 0 Å². The van der Waals surface area contributed by atoms with Crippen molar-refractivity contribution in [2.75, 3.05) is 4.61 Å². The Morgan fingerprint density at radius 3 is 2.38 bits per heavy atom. The van der Waals surface area contributed by atoms with Gasteiger partial charge in [-0.25, -0.2) is 4.79 Å². The first-order valence-electron chi connectivity index (χ1n) is 4.72. The van der Waals surface area contributed by atoms with Crippen molar-refractivity contribution in [1.29, 1.82) is 0 Å². The van der Waals surface area contributed by atoms with E-state index in [1.54, 1.807) is 0 Å². The summed E-state index contributed by atoms with van der Waals surface area (Å²) in [5.41, 5.74) is 0. The normalized spacial score (nSPS) is 19.2. The maximum atomic E-state index is 11.0. The lowest BCUT2D eigenvalue weighted by Gasteiger charge is -2.13. The van der Waals surface area contributed by atoms with E-state index in [0.29, 0.717) is 4.61 Å². The van der Waals surface area contributed by atoms with Gasteiger partial charge in [0.1, 0.15) is 10.7 Å². The summed E-state index contributed by atoms with van der Waals surface area (Å²) in [7, 11) is 0. The van der Waals surface area contributed by atoms with E-state index in [-0.39, 0.29) is 6.10 Å². The minimum absolute atomic E-state index is 0.0953. The van der Waals surface area contributed by atoms with Crippen LogP contribution in [0, 0.1) is 0 Å². The molecule has 3 nitrogen and oxygen atoms in total. The van der Waals surface area contributed by atoms with E-state index in [0.717, 1.165) is 12.8 Å². The molecule has 0 saturated heterocycles. The molecule has 0 aromatic carbocycles. The molecule has 0 aromatic heterocycles. The van der Waals surface area contributed by atoms with Crippen molar-refractivity contribution in [3.8, 4) is 0 Å². The molecule has 76 valence electrons. The Labute approximate surface area is 92.3 Å². The highest BCUT2D eigenvalue weighted by atomic mass is 127. The van der Waals surface area contributed by atoms with Gasteiger partial charge in [0, 0.05) is 0 Å². The van der Waals surface area contributed by atoms with Crippen LogP contribution in [-0.2, 0) is 9.47 Å². The number of halogens is 1. The van der Waals surface area contributed by atoms with Crippen LogP contribution in [0.25, 0.3) is 0 Å². The smallest absolute Gasteiger partial charge is 0.431 e. The molecule has 0 unspecified atom stereocenters. The number of rotatable bonds is 2. The molecule has 0 heterocycles. The molecule has 0 aromatic rings. The summed E-state index contributed by atoms with van der Waals surface area (Å²) in [6, 6.07) is 0. The summed E-state index contributed by atoms with van der Waals surface area (Å²) in [4.78, 5) is 11.0. The van der Waals surface area contributed by atoms with Crippen molar-refractivity contribution in [3.05, 3.63) is 0 Å². The molecule has 0 atom stereocenters. The van der Waals surface area contributed by atoms with Crippen LogP contribution in [0.2, 0.25) is 0 Å². The molecule has 1 aliphatic carbocycles. The minimum atomic E-state index is -0.513. The number of hydrogen-bond donors (Lipinski definition) is 0. The van der Waals surface area contributed by atoms with Crippen molar-refractivity contribution in [3.63, 3.8) is 0 Å². The van der Waals surface area contributed by atoms with Crippen LogP contribution in [0.5, 0.6) is 0 Å². The molecular weight excluding hydrogens is 283 g/mol. The maximum Gasteiger partial charge on any atom is 0.509 e. The highest BCUT2D eigenvalue weighted by molar-refractivity contribution is 14.1. The molecule has 0 bridgehead atoms. The Morgan fingerprint density at radius 2 is 1.85 bits per heavy atom. The maximum absolute atomic E-state index is 11.0. The second-order valence-electron chi connectivity index (χ2n) is 3.23. The Balaban J connectivity index is 2.21. The van der Waals surface area contributed by atoms with Crippen LogP contribution >= 0.6 is 22.6 Å². The van der Waals surface area contributed by atoms with Crippen molar-refractivity contribution in [2.24, 2.45) is 0 Å². The lowest BCUT2D eigenvalue weighted by molar-refractivity contribution is 0.0301. The van der Waals surface area contributed by atoms with E-state index in [2.05, 4.69) is 0 Å². The quantitative estimate of drug-likeness (QED) is 0.340. The van der Waals surface area contributed by atoms with Crippen molar-refractivity contribution in [2.45, 2.75) is 44.6 Å². The predicted octanol–water partition coefficient (Wildman–Crippen LogP) is 3.25. The number of hydrogen-bond acceptors (Lipinski definition) is 3. The first-order chi connectivity index (χ1) is 6.33. The molecule has 0 radical (unpaired) electrons. The Kier molecular flexibility index (Phi) is 5.50. The van der Waals surface area contributed by atoms with Crippen molar-refractivity contribution in [1.82, 2.24) is 0 Å². The van der Waals surface area contributed by atoms with Crippen molar-refractivity contribution >= 4 is 28.7 Å². The van der Waals surface area contributed by atoms with Gasteiger partial charge in [0.2, 0.25) is 0 Å². The number of carbonyl (C=O) groups is 1. The van der Waals surface area contributed by atoms with Crippen LogP contribution in [0.1, 0.15) is 38.5 Å². The molecular formula is C9H15IO3. The van der Waals surface area contributed by atoms with E-state index in [1.807, 2.05) is 22.6 Å². The van der Waals surface area contributed by atoms with Crippen molar-refractivity contribution < 1.29 is 14.3 Å². The predicted molar refractivity (Wildman–Crippen MR) is 57.9 cm³/mol. The third kappa shape index (κ3) is 4.69. The van der Waals surface area contributed by atoms with Crippen LogP contribution in [0.15, 0.2) is 0 Å². The summed E-state index contributed by atoms with van der Waals surface area (Å²) in [6.07, 6.45) is 6.44. The number of carbonyl (C=O) groups excluding carboxylic acids is 1. The standard InChI is InChI=1S/C9H15IO3/c10-7-12-9(11)13-8-5-3-1-2-4-6-8/h8H,1-7H2. The monoisotopic (exact) mass is 298 g/mol. The molecule has 4 heteroatoms. The average molecular weight is 298 g/mol. The molecule has 0 N–H and O–H groups in total. The van der Waals surface area contributed by atoms with Crippen LogP contribution in [-0.4, -0.2) is 16.9 Å². The zero-order chi connectivity index (χ0) is 9.52. The van der Waals surface area contributed by atoms with Gasteiger partial charge in [0.15, 0.2) is 0 Å². The Bertz CT molecular complexity index is 153. The number of ether oxygens (including phenoxy) is 2. The van der Waals surface area contributed by atoms with E-state index >= 15 is 0 Å². The van der Waals surface area contributed by atoms with Gasteiger partial charge in [0.25, 0.3) is 0 Å². The topological polar surface area (TPSA) is 35.5 Å². The largest absolute Gasteiger partial charge is 0.509 e. The third-order valence-corrected chi connectivity index (χ3v) is 2.55. The zero-order valence-corrected chi connectivity index (χ0v) is 9.79. The van der Waals surface area contributed by atoms with Gasteiger partial charge in [-0.15, -0.1) is 0 Å². The lowest BCUT2D eigenvalue weighted by atomic mass is 10.2. The summed E-state index contributed by atoms with van der Waals surface area (Å²) in [5.74, 6) is 0. The summed E-state index contributed by atoms with van der Waals surface area (Å²) >= 11 is 1.98. The fourth-order valence-electron chi connectivity index (χ4n) is 1.57. The molecule has 0 amide bonds. The highest BCUT2D eigenvalue weighted by Crippen LogP contribution is 2.20. The highest BCUT2D eigenvalue weighted by Gasteiger charge is 2.16. The molecule has 1 aliphatic rings. The molecule has 0 aliphatic heterocycles. The second kappa shape index (κ2) is 6.45. The van der Waals surface area contributed by atoms with E-state index in [1.165, 1.54) is 25.7 Å². The second-order valence-corrected chi connectivity index (χ2v) is 3.86. The van der Waals surface area contributed by atoms with E-state index in [9.17, 15) is 4.79 Å². The number of alkyl halides is 1.